The second-order valence-corrected chi connectivity index (χ2v) is 6.85. The molecule has 1 amide bonds. The number of amides is 1. The maximum Gasteiger partial charge on any atom is 0.227 e. The third-order valence-electron chi connectivity index (χ3n) is 4.61. The van der Waals surface area contributed by atoms with Gasteiger partial charge in [0.1, 0.15) is 0 Å². The van der Waals surface area contributed by atoms with E-state index in [4.69, 9.17) is 12.2 Å². The van der Waals surface area contributed by atoms with Crippen LogP contribution in [0.25, 0.3) is 0 Å². The maximum atomic E-state index is 11.9. The molecule has 0 spiro atoms. The highest BCUT2D eigenvalue weighted by Crippen LogP contribution is 2.24. The smallest absolute Gasteiger partial charge is 0.227 e. The quantitative estimate of drug-likeness (QED) is 0.627. The van der Waals surface area contributed by atoms with E-state index in [-0.39, 0.29) is 5.91 Å². The van der Waals surface area contributed by atoms with Crippen LogP contribution in [0, 0.1) is 0 Å². The van der Waals surface area contributed by atoms with Crippen molar-refractivity contribution in [3.63, 3.8) is 0 Å². The van der Waals surface area contributed by atoms with Gasteiger partial charge >= 0.3 is 0 Å². The highest BCUT2D eigenvalue weighted by Gasteiger charge is 2.21. The number of hydrogen-bond acceptors (Lipinski definition) is 2. The Kier molecular flexibility index (Phi) is 5.86. The molecule has 1 aromatic rings. The van der Waals surface area contributed by atoms with Crippen LogP contribution in [-0.2, 0) is 4.79 Å². The molecule has 128 valence electrons. The van der Waals surface area contributed by atoms with Gasteiger partial charge in [0.25, 0.3) is 0 Å². The normalized spacial score (nSPS) is 17.6. The first-order chi connectivity index (χ1) is 11.7. The maximum absolute atomic E-state index is 11.9. The van der Waals surface area contributed by atoms with Gasteiger partial charge in [0.05, 0.1) is 0 Å². The highest BCUT2D eigenvalue weighted by atomic mass is 32.1. The van der Waals surface area contributed by atoms with Crippen LogP contribution >= 0.6 is 12.2 Å². The fraction of sp³-hybridized carbons (Fsp3) is 0.474. The molecule has 2 aliphatic rings. The van der Waals surface area contributed by atoms with E-state index in [1.54, 1.807) is 5.57 Å². The standard InChI is InChI=1S/C19H25N3OS/c23-18-10-5-13-22(18)17-9-4-8-16(14-17)21-19(24)20-12-11-15-6-2-1-3-7-15/h4,6,8-9,14H,1-3,5,7,10-13H2,(H2,20,21,24). The minimum atomic E-state index is 0.202. The molecule has 1 aliphatic heterocycles. The molecule has 4 nitrogen and oxygen atoms in total. The van der Waals surface area contributed by atoms with E-state index in [1.807, 2.05) is 29.2 Å². The summed E-state index contributed by atoms with van der Waals surface area (Å²) in [6.45, 7) is 1.67. The lowest BCUT2D eigenvalue weighted by molar-refractivity contribution is -0.117. The van der Waals surface area contributed by atoms with E-state index in [1.165, 1.54) is 25.7 Å². The van der Waals surface area contributed by atoms with E-state index in [0.29, 0.717) is 11.5 Å². The van der Waals surface area contributed by atoms with Crippen LogP contribution in [0.2, 0.25) is 0 Å². The Labute approximate surface area is 149 Å². The molecule has 2 N–H and O–H groups in total. The van der Waals surface area contributed by atoms with Gasteiger partial charge in [-0.1, -0.05) is 17.7 Å². The van der Waals surface area contributed by atoms with Crippen LogP contribution in [0.15, 0.2) is 35.9 Å². The number of allylic oxidation sites excluding steroid dienone is 1. The van der Waals surface area contributed by atoms with E-state index in [9.17, 15) is 4.79 Å². The summed E-state index contributed by atoms with van der Waals surface area (Å²) in [7, 11) is 0. The molecule has 1 aliphatic carbocycles. The Morgan fingerprint density at radius 2 is 2.12 bits per heavy atom. The van der Waals surface area contributed by atoms with E-state index in [0.717, 1.165) is 37.3 Å². The Balaban J connectivity index is 1.49. The van der Waals surface area contributed by atoms with Crippen molar-refractivity contribution < 1.29 is 4.79 Å². The lowest BCUT2D eigenvalue weighted by atomic mass is 9.97. The molecule has 0 bridgehead atoms. The van der Waals surface area contributed by atoms with Gasteiger partial charge in [-0.05, 0) is 68.9 Å². The average Bonchev–Trinajstić information content (AvgIpc) is 3.02. The molecule has 0 atom stereocenters. The van der Waals surface area contributed by atoms with Gasteiger partial charge in [0.15, 0.2) is 5.11 Å². The second kappa shape index (κ2) is 8.29. The summed E-state index contributed by atoms with van der Waals surface area (Å²) in [6.07, 6.45) is 10.1. The predicted octanol–water partition coefficient (Wildman–Crippen LogP) is 3.99. The van der Waals surface area contributed by atoms with Crippen molar-refractivity contribution >= 4 is 34.6 Å². The molecule has 0 saturated carbocycles. The molecule has 1 aromatic carbocycles. The van der Waals surface area contributed by atoms with Crippen LogP contribution in [0.4, 0.5) is 11.4 Å². The Morgan fingerprint density at radius 1 is 1.21 bits per heavy atom. The fourth-order valence-corrected chi connectivity index (χ4v) is 3.54. The molecular formula is C19H25N3OS. The molecule has 1 saturated heterocycles. The molecule has 5 heteroatoms. The number of anilines is 2. The molecule has 0 radical (unpaired) electrons. The highest BCUT2D eigenvalue weighted by molar-refractivity contribution is 7.80. The fourth-order valence-electron chi connectivity index (χ4n) is 3.32. The molecule has 1 heterocycles. The summed E-state index contributed by atoms with van der Waals surface area (Å²) in [5.74, 6) is 0.202. The Morgan fingerprint density at radius 3 is 2.88 bits per heavy atom. The van der Waals surface area contributed by atoms with Crippen LogP contribution in [0.3, 0.4) is 0 Å². The number of carbonyl (C=O) groups is 1. The predicted molar refractivity (Wildman–Crippen MR) is 103 cm³/mol. The van der Waals surface area contributed by atoms with Gasteiger partial charge in [-0.2, -0.15) is 0 Å². The zero-order valence-corrected chi connectivity index (χ0v) is 14.8. The molecule has 1 fully saturated rings. The van der Waals surface area contributed by atoms with Crippen LogP contribution in [0.1, 0.15) is 44.9 Å². The van der Waals surface area contributed by atoms with Crippen LogP contribution < -0.4 is 15.5 Å². The number of rotatable bonds is 5. The van der Waals surface area contributed by atoms with Crippen molar-refractivity contribution in [2.24, 2.45) is 0 Å². The van der Waals surface area contributed by atoms with E-state index < -0.39 is 0 Å². The van der Waals surface area contributed by atoms with Gasteiger partial charge in [0.2, 0.25) is 5.91 Å². The lowest BCUT2D eigenvalue weighted by Gasteiger charge is -2.18. The lowest BCUT2D eigenvalue weighted by Crippen LogP contribution is -2.29. The summed E-state index contributed by atoms with van der Waals surface area (Å²) >= 11 is 5.38. The first-order valence-corrected chi connectivity index (χ1v) is 9.26. The van der Waals surface area contributed by atoms with Crippen molar-refractivity contribution in [3.8, 4) is 0 Å². The molecule has 3 rings (SSSR count). The summed E-state index contributed by atoms with van der Waals surface area (Å²) in [5.41, 5.74) is 3.41. The first-order valence-electron chi connectivity index (χ1n) is 8.85. The van der Waals surface area contributed by atoms with Crippen LogP contribution in [0.5, 0.6) is 0 Å². The largest absolute Gasteiger partial charge is 0.362 e. The van der Waals surface area contributed by atoms with Gasteiger partial charge in [-0.15, -0.1) is 0 Å². The van der Waals surface area contributed by atoms with Crippen molar-refractivity contribution in [2.45, 2.75) is 44.9 Å². The number of nitrogens with one attached hydrogen (secondary N) is 2. The van der Waals surface area contributed by atoms with Gasteiger partial charge in [0, 0.05) is 30.9 Å². The number of hydrogen-bond donors (Lipinski definition) is 2. The van der Waals surface area contributed by atoms with Gasteiger partial charge in [-0.25, -0.2) is 0 Å². The first kappa shape index (κ1) is 17.0. The number of carbonyl (C=O) groups excluding carboxylic acids is 1. The third-order valence-corrected chi connectivity index (χ3v) is 4.85. The SMILES string of the molecule is O=C1CCCN1c1cccc(NC(=S)NCCC2=CCCCC2)c1. The zero-order chi connectivity index (χ0) is 16.8. The van der Waals surface area contributed by atoms with E-state index >= 15 is 0 Å². The van der Waals surface area contributed by atoms with Crippen LogP contribution in [-0.4, -0.2) is 24.1 Å². The minimum Gasteiger partial charge on any atom is -0.362 e. The van der Waals surface area contributed by atoms with Crippen molar-refractivity contribution in [3.05, 3.63) is 35.9 Å². The minimum absolute atomic E-state index is 0.202. The second-order valence-electron chi connectivity index (χ2n) is 6.44. The van der Waals surface area contributed by atoms with Crippen molar-refractivity contribution in [1.29, 1.82) is 0 Å². The summed E-state index contributed by atoms with van der Waals surface area (Å²) in [5, 5.41) is 7.13. The summed E-state index contributed by atoms with van der Waals surface area (Å²) in [4.78, 5) is 13.7. The van der Waals surface area contributed by atoms with Crippen molar-refractivity contribution in [1.82, 2.24) is 5.32 Å². The monoisotopic (exact) mass is 343 g/mol. The molecule has 24 heavy (non-hydrogen) atoms. The Hall–Kier alpha value is -1.88. The van der Waals surface area contributed by atoms with Gasteiger partial charge < -0.3 is 15.5 Å². The zero-order valence-electron chi connectivity index (χ0n) is 14.0. The van der Waals surface area contributed by atoms with Crippen molar-refractivity contribution in [2.75, 3.05) is 23.3 Å². The topological polar surface area (TPSA) is 44.4 Å². The molecule has 0 aromatic heterocycles. The number of benzene rings is 1. The average molecular weight is 343 g/mol. The number of thiocarbonyl (C=S) groups is 1. The Bertz CT molecular complexity index is 641. The van der Waals surface area contributed by atoms with Gasteiger partial charge in [-0.3, -0.25) is 4.79 Å². The third kappa shape index (κ3) is 4.57. The summed E-state index contributed by atoms with van der Waals surface area (Å²) in [6, 6.07) is 7.89. The molecular weight excluding hydrogens is 318 g/mol. The molecule has 0 unspecified atom stereocenters. The summed E-state index contributed by atoms with van der Waals surface area (Å²) < 4.78 is 0. The number of nitrogens with zero attached hydrogens (tertiary/aromatic N) is 1. The van der Waals surface area contributed by atoms with E-state index in [2.05, 4.69) is 16.7 Å².